The molecule has 0 unspecified atom stereocenters. The van der Waals surface area contributed by atoms with E-state index in [0.29, 0.717) is 19.5 Å². The van der Waals surface area contributed by atoms with E-state index in [2.05, 4.69) is 14.9 Å². The number of aromatic nitrogens is 3. The molecule has 150 valence electrons. The maximum atomic E-state index is 12.7. The highest BCUT2D eigenvalue weighted by Crippen LogP contribution is 2.18. The predicted molar refractivity (Wildman–Crippen MR) is 112 cm³/mol. The van der Waals surface area contributed by atoms with Gasteiger partial charge in [-0.05, 0) is 36.8 Å². The smallest absolute Gasteiger partial charge is 0.227 e. The highest BCUT2D eigenvalue weighted by Gasteiger charge is 2.22. The number of rotatable bonds is 5. The first-order valence-corrected chi connectivity index (χ1v) is 9.77. The van der Waals surface area contributed by atoms with Crippen LogP contribution < -0.4 is 9.64 Å². The molecule has 4 rings (SSSR count). The molecule has 1 aromatic carbocycles. The van der Waals surface area contributed by atoms with E-state index in [9.17, 15) is 4.79 Å². The Labute approximate surface area is 170 Å². The van der Waals surface area contributed by atoms with E-state index in [4.69, 9.17) is 4.74 Å². The van der Waals surface area contributed by atoms with Crippen molar-refractivity contribution in [3.05, 3.63) is 66.2 Å². The topological polar surface area (TPSA) is 63.5 Å². The molecule has 1 fully saturated rings. The molecule has 1 amide bonds. The molecule has 3 heterocycles. The van der Waals surface area contributed by atoms with Crippen LogP contribution in [0.5, 0.6) is 5.75 Å². The van der Waals surface area contributed by atoms with Crippen LogP contribution in [0.15, 0.2) is 54.9 Å². The summed E-state index contributed by atoms with van der Waals surface area (Å²) in [6.07, 6.45) is 4.36. The van der Waals surface area contributed by atoms with Gasteiger partial charge in [-0.15, -0.1) is 0 Å². The molecule has 7 heteroatoms. The van der Waals surface area contributed by atoms with Crippen LogP contribution in [-0.2, 0) is 11.2 Å². The third-order valence-corrected chi connectivity index (χ3v) is 5.15. The van der Waals surface area contributed by atoms with Crippen LogP contribution in [-0.4, -0.2) is 58.6 Å². The van der Waals surface area contributed by atoms with Crippen molar-refractivity contribution in [2.45, 2.75) is 13.3 Å². The normalized spacial score (nSPS) is 14.1. The van der Waals surface area contributed by atoms with Crippen LogP contribution in [0, 0.1) is 6.92 Å². The minimum Gasteiger partial charge on any atom is -0.497 e. The molecular weight excluding hydrogens is 366 g/mol. The summed E-state index contributed by atoms with van der Waals surface area (Å²) in [5, 5.41) is 0. The van der Waals surface area contributed by atoms with Gasteiger partial charge in [-0.25, -0.2) is 9.97 Å². The third-order valence-electron chi connectivity index (χ3n) is 5.15. The number of amides is 1. The lowest BCUT2D eigenvalue weighted by molar-refractivity contribution is -0.130. The maximum Gasteiger partial charge on any atom is 0.227 e. The Balaban J connectivity index is 1.38. The van der Waals surface area contributed by atoms with Gasteiger partial charge in [0.15, 0.2) is 0 Å². The molecule has 29 heavy (non-hydrogen) atoms. The molecule has 0 spiro atoms. The van der Waals surface area contributed by atoms with Crippen molar-refractivity contribution >= 4 is 11.7 Å². The summed E-state index contributed by atoms with van der Waals surface area (Å²) in [6.45, 7) is 4.81. The largest absolute Gasteiger partial charge is 0.497 e. The number of hydrogen-bond donors (Lipinski definition) is 0. The Bertz CT molecular complexity index is 961. The Morgan fingerprint density at radius 3 is 2.31 bits per heavy atom. The van der Waals surface area contributed by atoms with Gasteiger partial charge in [0.2, 0.25) is 5.91 Å². The predicted octanol–water partition coefficient (Wildman–Crippen LogP) is 2.48. The van der Waals surface area contributed by atoms with Gasteiger partial charge in [0.25, 0.3) is 0 Å². The second-order valence-corrected chi connectivity index (χ2v) is 7.11. The van der Waals surface area contributed by atoms with E-state index >= 15 is 0 Å². The average molecular weight is 391 g/mol. The SMILES string of the molecule is COc1ccc(CC(=O)N2CCN(c3cc(-n4cccc4)nc(C)n3)CC2)cc1. The summed E-state index contributed by atoms with van der Waals surface area (Å²) < 4.78 is 7.15. The second kappa shape index (κ2) is 8.34. The van der Waals surface area contributed by atoms with Gasteiger partial charge in [0, 0.05) is 44.6 Å². The Morgan fingerprint density at radius 2 is 1.66 bits per heavy atom. The quantitative estimate of drug-likeness (QED) is 0.669. The van der Waals surface area contributed by atoms with Crippen LogP contribution >= 0.6 is 0 Å². The molecule has 0 N–H and O–H groups in total. The molecular formula is C22H25N5O2. The first-order chi connectivity index (χ1) is 14.1. The Hall–Kier alpha value is -3.35. The fourth-order valence-electron chi connectivity index (χ4n) is 3.53. The molecule has 1 aliphatic heterocycles. The van der Waals surface area contributed by atoms with Gasteiger partial charge >= 0.3 is 0 Å². The fourth-order valence-corrected chi connectivity index (χ4v) is 3.53. The minimum atomic E-state index is 0.154. The Kier molecular flexibility index (Phi) is 5.46. The second-order valence-electron chi connectivity index (χ2n) is 7.11. The van der Waals surface area contributed by atoms with E-state index < -0.39 is 0 Å². The Morgan fingerprint density at radius 1 is 1.00 bits per heavy atom. The summed E-state index contributed by atoms with van der Waals surface area (Å²) in [7, 11) is 1.64. The van der Waals surface area contributed by atoms with Crippen LogP contribution in [0.1, 0.15) is 11.4 Å². The van der Waals surface area contributed by atoms with Crippen LogP contribution in [0.25, 0.3) is 5.82 Å². The van der Waals surface area contributed by atoms with Gasteiger partial charge in [-0.1, -0.05) is 12.1 Å². The zero-order valence-electron chi connectivity index (χ0n) is 16.8. The van der Waals surface area contributed by atoms with E-state index in [-0.39, 0.29) is 5.91 Å². The number of hydrogen-bond acceptors (Lipinski definition) is 5. The van der Waals surface area contributed by atoms with Gasteiger partial charge in [0.1, 0.15) is 23.2 Å². The first kappa shape index (κ1) is 19.0. The van der Waals surface area contributed by atoms with Crippen LogP contribution in [0.3, 0.4) is 0 Å². The van der Waals surface area contributed by atoms with Crippen LogP contribution in [0.2, 0.25) is 0 Å². The molecule has 0 atom stereocenters. The van der Waals surface area contributed by atoms with Crippen molar-refractivity contribution in [1.29, 1.82) is 0 Å². The highest BCUT2D eigenvalue weighted by molar-refractivity contribution is 5.79. The number of benzene rings is 1. The number of anilines is 1. The molecule has 0 bridgehead atoms. The number of carbonyl (C=O) groups is 1. The lowest BCUT2D eigenvalue weighted by Gasteiger charge is -2.35. The third kappa shape index (κ3) is 4.39. The van der Waals surface area contributed by atoms with Gasteiger partial charge in [0.05, 0.1) is 13.5 Å². The number of aryl methyl sites for hydroxylation is 1. The van der Waals surface area contributed by atoms with Gasteiger partial charge in [-0.2, -0.15) is 0 Å². The molecule has 2 aromatic heterocycles. The molecule has 1 saturated heterocycles. The summed E-state index contributed by atoms with van der Waals surface area (Å²) in [5.74, 6) is 3.46. The summed E-state index contributed by atoms with van der Waals surface area (Å²) in [5.41, 5.74) is 1.00. The summed E-state index contributed by atoms with van der Waals surface area (Å²) in [6, 6.07) is 13.6. The van der Waals surface area contributed by atoms with E-state index in [0.717, 1.165) is 41.9 Å². The molecule has 1 aliphatic rings. The zero-order valence-corrected chi connectivity index (χ0v) is 16.8. The molecule has 7 nitrogen and oxygen atoms in total. The lowest BCUT2D eigenvalue weighted by Crippen LogP contribution is -2.49. The van der Waals surface area contributed by atoms with Crippen molar-refractivity contribution in [3.8, 4) is 11.6 Å². The van der Waals surface area contributed by atoms with Crippen LogP contribution in [0.4, 0.5) is 5.82 Å². The highest BCUT2D eigenvalue weighted by atomic mass is 16.5. The van der Waals surface area contributed by atoms with E-state index in [1.54, 1.807) is 7.11 Å². The van der Waals surface area contributed by atoms with Gasteiger partial charge in [-0.3, -0.25) is 4.79 Å². The molecule has 0 saturated carbocycles. The van der Waals surface area contributed by atoms with Crippen molar-refractivity contribution in [2.24, 2.45) is 0 Å². The van der Waals surface area contributed by atoms with Gasteiger partial charge < -0.3 is 19.1 Å². The number of piperazine rings is 1. The molecule has 0 aliphatic carbocycles. The zero-order chi connectivity index (χ0) is 20.2. The standard InChI is InChI=1S/C22H25N5O2/c1-17-23-20(25-9-3-4-10-25)16-21(24-17)26-11-13-27(14-12-26)22(28)15-18-5-7-19(29-2)8-6-18/h3-10,16H,11-15H2,1-2H3. The van der Waals surface area contributed by atoms with E-state index in [1.807, 2.05) is 71.2 Å². The number of nitrogens with zero attached hydrogens (tertiary/aromatic N) is 5. The van der Waals surface area contributed by atoms with Crippen molar-refractivity contribution in [3.63, 3.8) is 0 Å². The van der Waals surface area contributed by atoms with Crippen molar-refractivity contribution in [2.75, 3.05) is 38.2 Å². The van der Waals surface area contributed by atoms with Crippen molar-refractivity contribution in [1.82, 2.24) is 19.4 Å². The monoisotopic (exact) mass is 391 g/mol. The summed E-state index contributed by atoms with van der Waals surface area (Å²) >= 11 is 0. The lowest BCUT2D eigenvalue weighted by atomic mass is 10.1. The maximum absolute atomic E-state index is 12.7. The molecule has 3 aromatic rings. The molecule has 0 radical (unpaired) electrons. The number of ether oxygens (including phenoxy) is 1. The fraction of sp³-hybridized carbons (Fsp3) is 0.318. The average Bonchev–Trinajstić information content (AvgIpc) is 3.29. The number of methoxy groups -OCH3 is 1. The minimum absolute atomic E-state index is 0.154. The summed E-state index contributed by atoms with van der Waals surface area (Å²) in [4.78, 5) is 26.0. The first-order valence-electron chi connectivity index (χ1n) is 9.77. The number of carbonyl (C=O) groups excluding carboxylic acids is 1. The van der Waals surface area contributed by atoms with E-state index in [1.165, 1.54) is 0 Å². The van der Waals surface area contributed by atoms with Crippen molar-refractivity contribution < 1.29 is 9.53 Å².